The van der Waals surface area contributed by atoms with Crippen molar-refractivity contribution in [2.75, 3.05) is 6.61 Å². The zero-order valence-electron chi connectivity index (χ0n) is 12.2. The predicted molar refractivity (Wildman–Crippen MR) is 69.0 cm³/mol. The molecule has 0 rings (SSSR count). The summed E-state index contributed by atoms with van der Waals surface area (Å²) in [5, 5.41) is 0. The van der Waals surface area contributed by atoms with E-state index in [9.17, 15) is 4.79 Å². The summed E-state index contributed by atoms with van der Waals surface area (Å²) in [5.74, 6) is -0.128. The second-order valence-corrected chi connectivity index (χ2v) is 6.33. The number of carbonyl (C=O) groups excluding carboxylic acids is 1. The fourth-order valence-corrected chi connectivity index (χ4v) is 1.28. The largest absolute Gasteiger partial charge is 0.371 e. The highest BCUT2D eigenvalue weighted by molar-refractivity contribution is 5.85. The number of Topliss-reactive ketones (excluding diaryl/α,β-unsaturated/α-hetero) is 1. The highest BCUT2D eigenvalue weighted by Gasteiger charge is 2.26. The molecule has 0 aromatic carbocycles. The summed E-state index contributed by atoms with van der Waals surface area (Å²) in [5.41, 5.74) is 5.21. The zero-order valence-corrected chi connectivity index (χ0v) is 12.2. The van der Waals surface area contributed by atoms with Crippen molar-refractivity contribution in [3.05, 3.63) is 0 Å². The number of hydrogen-bond acceptors (Lipinski definition) is 4. The molecule has 0 spiro atoms. The number of ketones is 1. The van der Waals surface area contributed by atoms with Gasteiger partial charge in [-0.05, 0) is 48.5 Å². The Morgan fingerprint density at radius 1 is 1.12 bits per heavy atom. The van der Waals surface area contributed by atoms with E-state index in [2.05, 4.69) is 0 Å². The molecule has 102 valence electrons. The molecule has 0 aliphatic carbocycles. The summed E-state index contributed by atoms with van der Waals surface area (Å²) in [6, 6.07) is -0.642. The molecule has 0 heterocycles. The number of hydrogen-bond donors (Lipinski definition) is 1. The Labute approximate surface area is 105 Å². The molecule has 0 aliphatic heterocycles. The summed E-state index contributed by atoms with van der Waals surface area (Å²) in [6.07, 6.45) is -0.314. The van der Waals surface area contributed by atoms with Gasteiger partial charge in [0.1, 0.15) is 6.61 Å². The molecule has 17 heavy (non-hydrogen) atoms. The third kappa shape index (κ3) is 8.30. The SMILES string of the molecule is C[C@@H](OC(C)(C)C)[C@H](N)C(=O)COC(C)(C)C. The predicted octanol–water partition coefficient (Wildman–Crippen LogP) is 1.90. The summed E-state index contributed by atoms with van der Waals surface area (Å²) >= 11 is 0. The first-order valence-corrected chi connectivity index (χ1v) is 6.02. The lowest BCUT2D eigenvalue weighted by atomic mass is 10.1. The van der Waals surface area contributed by atoms with Crippen LogP contribution in [0.15, 0.2) is 0 Å². The zero-order chi connectivity index (χ0) is 13.9. The molecule has 0 bridgehead atoms. The van der Waals surface area contributed by atoms with Crippen molar-refractivity contribution in [3.63, 3.8) is 0 Å². The van der Waals surface area contributed by atoms with E-state index in [1.807, 2.05) is 48.5 Å². The normalized spacial score (nSPS) is 16.7. The van der Waals surface area contributed by atoms with E-state index < -0.39 is 6.04 Å². The van der Waals surface area contributed by atoms with Gasteiger partial charge in [0.15, 0.2) is 5.78 Å². The average molecular weight is 245 g/mol. The fraction of sp³-hybridized carbons (Fsp3) is 0.923. The van der Waals surface area contributed by atoms with E-state index in [4.69, 9.17) is 15.2 Å². The van der Waals surface area contributed by atoms with Gasteiger partial charge in [0.25, 0.3) is 0 Å². The first-order valence-electron chi connectivity index (χ1n) is 6.02. The van der Waals surface area contributed by atoms with Gasteiger partial charge in [0.2, 0.25) is 0 Å². The Morgan fingerprint density at radius 2 is 1.59 bits per heavy atom. The van der Waals surface area contributed by atoms with Gasteiger partial charge in [-0.1, -0.05) is 0 Å². The molecule has 0 aromatic rings. The highest BCUT2D eigenvalue weighted by atomic mass is 16.5. The summed E-state index contributed by atoms with van der Waals surface area (Å²) in [7, 11) is 0. The van der Waals surface area contributed by atoms with E-state index in [-0.39, 0.29) is 29.7 Å². The minimum absolute atomic E-state index is 0.0303. The molecule has 0 aromatic heterocycles. The van der Waals surface area contributed by atoms with Crippen LogP contribution in [0.25, 0.3) is 0 Å². The van der Waals surface area contributed by atoms with Gasteiger partial charge >= 0.3 is 0 Å². The third-order valence-electron chi connectivity index (χ3n) is 2.06. The van der Waals surface area contributed by atoms with E-state index in [0.29, 0.717) is 0 Å². The molecule has 2 atom stereocenters. The molecule has 0 unspecified atom stereocenters. The van der Waals surface area contributed by atoms with Crippen LogP contribution in [0.4, 0.5) is 0 Å². The monoisotopic (exact) mass is 245 g/mol. The van der Waals surface area contributed by atoms with Crippen molar-refractivity contribution in [2.24, 2.45) is 5.73 Å². The summed E-state index contributed by atoms with van der Waals surface area (Å²) in [4.78, 5) is 11.8. The van der Waals surface area contributed by atoms with Crippen LogP contribution in [0.5, 0.6) is 0 Å². The molecular formula is C13H27NO3. The third-order valence-corrected chi connectivity index (χ3v) is 2.06. The standard InChI is InChI=1S/C13H27NO3/c1-9(17-13(5,6)7)11(14)10(15)8-16-12(2,3)4/h9,11H,8,14H2,1-7H3/t9-,11+/m1/s1. The molecular weight excluding hydrogens is 218 g/mol. The van der Waals surface area contributed by atoms with E-state index in [0.717, 1.165) is 0 Å². The lowest BCUT2D eigenvalue weighted by Gasteiger charge is -2.29. The minimum atomic E-state index is -0.642. The molecule has 0 amide bonds. The Morgan fingerprint density at radius 3 is 1.94 bits per heavy atom. The van der Waals surface area contributed by atoms with Crippen molar-refractivity contribution in [1.82, 2.24) is 0 Å². The summed E-state index contributed by atoms with van der Waals surface area (Å²) in [6.45, 7) is 13.4. The molecule has 4 heteroatoms. The summed E-state index contributed by atoms with van der Waals surface area (Å²) < 4.78 is 11.1. The molecule has 4 nitrogen and oxygen atoms in total. The number of carbonyl (C=O) groups is 1. The molecule has 0 saturated carbocycles. The second kappa shape index (κ2) is 5.94. The van der Waals surface area contributed by atoms with E-state index in [1.165, 1.54) is 0 Å². The Kier molecular flexibility index (Phi) is 5.78. The van der Waals surface area contributed by atoms with Gasteiger partial charge in [-0.25, -0.2) is 0 Å². The van der Waals surface area contributed by atoms with Crippen molar-refractivity contribution in [2.45, 2.75) is 71.8 Å². The van der Waals surface area contributed by atoms with Crippen LogP contribution in [0.1, 0.15) is 48.5 Å². The maximum absolute atomic E-state index is 11.8. The quantitative estimate of drug-likeness (QED) is 0.803. The van der Waals surface area contributed by atoms with E-state index >= 15 is 0 Å². The van der Waals surface area contributed by atoms with Crippen LogP contribution in [0.2, 0.25) is 0 Å². The Hall–Kier alpha value is -0.450. The highest BCUT2D eigenvalue weighted by Crippen LogP contribution is 2.13. The molecule has 0 fully saturated rings. The second-order valence-electron chi connectivity index (χ2n) is 6.33. The van der Waals surface area contributed by atoms with Crippen LogP contribution in [-0.4, -0.2) is 35.7 Å². The van der Waals surface area contributed by atoms with Crippen LogP contribution in [0.3, 0.4) is 0 Å². The topological polar surface area (TPSA) is 61.5 Å². The van der Waals surface area contributed by atoms with Crippen LogP contribution >= 0.6 is 0 Å². The number of nitrogens with two attached hydrogens (primary N) is 1. The van der Waals surface area contributed by atoms with Crippen LogP contribution < -0.4 is 5.73 Å². The van der Waals surface area contributed by atoms with Crippen LogP contribution in [0, 0.1) is 0 Å². The van der Waals surface area contributed by atoms with Crippen molar-refractivity contribution >= 4 is 5.78 Å². The van der Waals surface area contributed by atoms with Gasteiger partial charge in [-0.15, -0.1) is 0 Å². The van der Waals surface area contributed by atoms with Gasteiger partial charge in [-0.2, -0.15) is 0 Å². The molecule has 0 radical (unpaired) electrons. The average Bonchev–Trinajstić information content (AvgIpc) is 2.08. The molecule has 0 saturated heterocycles. The Balaban J connectivity index is 4.22. The maximum Gasteiger partial charge on any atom is 0.177 e. The van der Waals surface area contributed by atoms with Crippen molar-refractivity contribution in [3.8, 4) is 0 Å². The van der Waals surface area contributed by atoms with Crippen LogP contribution in [-0.2, 0) is 14.3 Å². The van der Waals surface area contributed by atoms with Gasteiger partial charge < -0.3 is 15.2 Å². The lowest BCUT2D eigenvalue weighted by molar-refractivity contribution is -0.136. The van der Waals surface area contributed by atoms with E-state index in [1.54, 1.807) is 0 Å². The number of ether oxygens (including phenoxy) is 2. The Bertz CT molecular complexity index is 250. The maximum atomic E-state index is 11.8. The minimum Gasteiger partial charge on any atom is -0.371 e. The molecule has 2 N–H and O–H groups in total. The van der Waals surface area contributed by atoms with Crippen molar-refractivity contribution in [1.29, 1.82) is 0 Å². The van der Waals surface area contributed by atoms with Gasteiger partial charge in [-0.3, -0.25) is 4.79 Å². The van der Waals surface area contributed by atoms with Gasteiger partial charge in [0.05, 0.1) is 23.3 Å². The fourth-order valence-electron chi connectivity index (χ4n) is 1.28. The number of rotatable bonds is 5. The van der Waals surface area contributed by atoms with Crippen molar-refractivity contribution < 1.29 is 14.3 Å². The molecule has 0 aliphatic rings. The smallest absolute Gasteiger partial charge is 0.177 e. The lowest BCUT2D eigenvalue weighted by Crippen LogP contribution is -2.46. The van der Waals surface area contributed by atoms with Gasteiger partial charge in [0, 0.05) is 0 Å². The first-order chi connectivity index (χ1) is 7.42. The first kappa shape index (κ1) is 16.6.